The summed E-state index contributed by atoms with van der Waals surface area (Å²) in [7, 11) is 1.84. The second-order valence-electron chi connectivity index (χ2n) is 5.64. The Morgan fingerprint density at radius 3 is 2.67 bits per heavy atom. The number of hydrogen-bond donors (Lipinski definition) is 1. The fourth-order valence-corrected chi connectivity index (χ4v) is 2.67. The second-order valence-corrected chi connectivity index (χ2v) is 5.64. The first-order valence-corrected chi connectivity index (χ1v) is 7.30. The van der Waals surface area contributed by atoms with Gasteiger partial charge in [-0.25, -0.2) is 0 Å². The van der Waals surface area contributed by atoms with Gasteiger partial charge in [0.25, 0.3) is 0 Å². The molecule has 5 heteroatoms. The van der Waals surface area contributed by atoms with E-state index in [4.69, 9.17) is 15.2 Å². The molecule has 2 heterocycles. The van der Waals surface area contributed by atoms with Crippen LogP contribution >= 0.6 is 0 Å². The van der Waals surface area contributed by atoms with E-state index < -0.39 is 0 Å². The number of nitrogens with two attached hydrogens (primary N) is 1. The van der Waals surface area contributed by atoms with Crippen LogP contribution in [0.1, 0.15) is 31.7 Å². The average molecular weight is 287 g/mol. The van der Waals surface area contributed by atoms with E-state index in [1.54, 1.807) is 4.68 Å². The zero-order chi connectivity index (χ0) is 15.0. The molecule has 0 saturated carbocycles. The number of nitrogen functional groups attached to an aromatic ring is 1. The third kappa shape index (κ3) is 2.44. The minimum atomic E-state index is 0.305. The topological polar surface area (TPSA) is 62.3 Å². The van der Waals surface area contributed by atoms with Gasteiger partial charge in [-0.2, -0.15) is 5.10 Å². The van der Waals surface area contributed by atoms with Crippen molar-refractivity contribution in [2.24, 2.45) is 7.05 Å². The van der Waals surface area contributed by atoms with Gasteiger partial charge in [-0.05, 0) is 18.1 Å². The Bertz CT molecular complexity index is 642. The number of aryl methyl sites for hydroxylation is 1. The third-order valence-corrected chi connectivity index (χ3v) is 3.72. The molecule has 1 aliphatic heterocycles. The van der Waals surface area contributed by atoms with Crippen molar-refractivity contribution >= 4 is 5.82 Å². The molecule has 0 aliphatic carbocycles. The fourth-order valence-electron chi connectivity index (χ4n) is 2.67. The summed E-state index contributed by atoms with van der Waals surface area (Å²) in [5, 5.41) is 4.49. The van der Waals surface area contributed by atoms with Gasteiger partial charge in [-0.1, -0.05) is 13.8 Å². The summed E-state index contributed by atoms with van der Waals surface area (Å²) >= 11 is 0. The van der Waals surface area contributed by atoms with Crippen molar-refractivity contribution < 1.29 is 9.47 Å². The maximum absolute atomic E-state index is 5.95. The number of hydrogen-bond acceptors (Lipinski definition) is 4. The number of fused-ring (bicyclic) bond motifs is 1. The Labute approximate surface area is 124 Å². The standard InChI is InChI=1S/C16H21N3O2/c1-10(2)15-11(12-9-14(17)19(3)18-12)5-6-13-16(15)21-8-4-7-20-13/h5-6,9-10H,4,7-8,17H2,1-3H3. The molecule has 0 saturated heterocycles. The number of benzene rings is 1. The summed E-state index contributed by atoms with van der Waals surface area (Å²) in [5.41, 5.74) is 8.97. The summed E-state index contributed by atoms with van der Waals surface area (Å²) in [6.45, 7) is 5.68. The third-order valence-electron chi connectivity index (χ3n) is 3.72. The predicted octanol–water partition coefficient (Wildman–Crippen LogP) is 2.95. The Balaban J connectivity index is 2.18. The van der Waals surface area contributed by atoms with Crippen molar-refractivity contribution in [3.05, 3.63) is 23.8 Å². The van der Waals surface area contributed by atoms with Gasteiger partial charge in [0.15, 0.2) is 11.5 Å². The molecule has 21 heavy (non-hydrogen) atoms. The smallest absolute Gasteiger partial charge is 0.165 e. The van der Waals surface area contributed by atoms with E-state index in [-0.39, 0.29) is 0 Å². The SMILES string of the molecule is CC(C)c1c(-c2cc(N)n(C)n2)ccc2c1OCCCO2. The van der Waals surface area contributed by atoms with Gasteiger partial charge in [0, 0.05) is 30.7 Å². The molecular formula is C16H21N3O2. The van der Waals surface area contributed by atoms with E-state index >= 15 is 0 Å². The van der Waals surface area contributed by atoms with Gasteiger partial charge in [0.2, 0.25) is 0 Å². The quantitative estimate of drug-likeness (QED) is 0.922. The van der Waals surface area contributed by atoms with E-state index in [9.17, 15) is 0 Å². The number of rotatable bonds is 2. The summed E-state index contributed by atoms with van der Waals surface area (Å²) in [6.07, 6.45) is 0.901. The molecule has 2 aromatic rings. The lowest BCUT2D eigenvalue weighted by molar-refractivity contribution is 0.296. The van der Waals surface area contributed by atoms with Crippen LogP contribution in [0.25, 0.3) is 11.3 Å². The number of anilines is 1. The number of ether oxygens (including phenoxy) is 2. The summed E-state index contributed by atoms with van der Waals surface area (Å²) in [5.74, 6) is 2.62. The first-order chi connectivity index (χ1) is 10.1. The first-order valence-electron chi connectivity index (χ1n) is 7.30. The highest BCUT2D eigenvalue weighted by Gasteiger charge is 2.22. The lowest BCUT2D eigenvalue weighted by Gasteiger charge is -2.18. The van der Waals surface area contributed by atoms with Crippen LogP contribution in [-0.2, 0) is 7.05 Å². The fraction of sp³-hybridized carbons (Fsp3) is 0.438. The maximum atomic E-state index is 5.95. The van der Waals surface area contributed by atoms with Gasteiger partial charge in [-0.15, -0.1) is 0 Å². The molecule has 2 N–H and O–H groups in total. The van der Waals surface area contributed by atoms with Crippen LogP contribution in [-0.4, -0.2) is 23.0 Å². The largest absolute Gasteiger partial charge is 0.490 e. The second kappa shape index (κ2) is 5.31. The molecule has 1 aliphatic rings. The summed E-state index contributed by atoms with van der Waals surface area (Å²) in [6, 6.07) is 5.91. The van der Waals surface area contributed by atoms with Gasteiger partial charge in [0.1, 0.15) is 5.82 Å². The number of nitrogens with zero attached hydrogens (tertiary/aromatic N) is 2. The van der Waals surface area contributed by atoms with E-state index in [2.05, 4.69) is 18.9 Å². The van der Waals surface area contributed by atoms with Crippen molar-refractivity contribution in [2.75, 3.05) is 18.9 Å². The van der Waals surface area contributed by atoms with E-state index in [0.29, 0.717) is 24.9 Å². The molecule has 0 unspecified atom stereocenters. The molecule has 112 valence electrons. The van der Waals surface area contributed by atoms with Crippen molar-refractivity contribution in [2.45, 2.75) is 26.2 Å². The Morgan fingerprint density at radius 1 is 1.24 bits per heavy atom. The van der Waals surface area contributed by atoms with Crippen LogP contribution in [0.3, 0.4) is 0 Å². The van der Waals surface area contributed by atoms with Gasteiger partial charge < -0.3 is 15.2 Å². The normalized spacial score (nSPS) is 14.3. The molecule has 3 rings (SSSR count). The Hall–Kier alpha value is -2.17. The van der Waals surface area contributed by atoms with Crippen LogP contribution < -0.4 is 15.2 Å². The lowest BCUT2D eigenvalue weighted by atomic mass is 9.93. The van der Waals surface area contributed by atoms with Crippen LogP contribution in [0.5, 0.6) is 11.5 Å². The summed E-state index contributed by atoms with van der Waals surface area (Å²) < 4.78 is 13.4. The Kier molecular flexibility index (Phi) is 3.49. The van der Waals surface area contributed by atoms with Gasteiger partial charge in [0.05, 0.1) is 18.9 Å². The number of aromatic nitrogens is 2. The highest BCUT2D eigenvalue weighted by molar-refractivity contribution is 5.72. The molecule has 0 spiro atoms. The minimum Gasteiger partial charge on any atom is -0.490 e. The van der Waals surface area contributed by atoms with E-state index in [1.165, 1.54) is 0 Å². The maximum Gasteiger partial charge on any atom is 0.165 e. The zero-order valence-electron chi connectivity index (χ0n) is 12.7. The van der Waals surface area contributed by atoms with Gasteiger partial charge in [-0.3, -0.25) is 4.68 Å². The molecule has 1 aromatic carbocycles. The van der Waals surface area contributed by atoms with Gasteiger partial charge >= 0.3 is 0 Å². The van der Waals surface area contributed by atoms with Crippen molar-refractivity contribution in [3.8, 4) is 22.8 Å². The average Bonchev–Trinajstić information content (AvgIpc) is 2.66. The molecule has 0 bridgehead atoms. The van der Waals surface area contributed by atoms with E-state index in [1.807, 2.05) is 25.2 Å². The van der Waals surface area contributed by atoms with Crippen molar-refractivity contribution in [1.82, 2.24) is 9.78 Å². The molecule has 0 amide bonds. The molecule has 0 atom stereocenters. The molecule has 0 radical (unpaired) electrons. The zero-order valence-corrected chi connectivity index (χ0v) is 12.7. The molecule has 0 fully saturated rings. The van der Waals surface area contributed by atoms with Crippen LogP contribution in [0.4, 0.5) is 5.82 Å². The lowest BCUT2D eigenvalue weighted by Crippen LogP contribution is -2.02. The Morgan fingerprint density at radius 2 is 2.00 bits per heavy atom. The highest BCUT2D eigenvalue weighted by atomic mass is 16.5. The monoisotopic (exact) mass is 287 g/mol. The molecule has 1 aromatic heterocycles. The van der Waals surface area contributed by atoms with Crippen LogP contribution in [0, 0.1) is 0 Å². The minimum absolute atomic E-state index is 0.305. The first kappa shape index (κ1) is 13.8. The molecule has 5 nitrogen and oxygen atoms in total. The van der Waals surface area contributed by atoms with Crippen molar-refractivity contribution in [1.29, 1.82) is 0 Å². The van der Waals surface area contributed by atoms with E-state index in [0.717, 1.165) is 34.7 Å². The molecular weight excluding hydrogens is 266 g/mol. The van der Waals surface area contributed by atoms with Crippen molar-refractivity contribution in [3.63, 3.8) is 0 Å². The van der Waals surface area contributed by atoms with Crippen LogP contribution in [0.15, 0.2) is 18.2 Å². The highest BCUT2D eigenvalue weighted by Crippen LogP contribution is 2.43. The predicted molar refractivity (Wildman–Crippen MR) is 82.8 cm³/mol. The summed E-state index contributed by atoms with van der Waals surface area (Å²) in [4.78, 5) is 0. The van der Waals surface area contributed by atoms with Crippen LogP contribution in [0.2, 0.25) is 0 Å².